The van der Waals surface area contributed by atoms with Crippen LogP contribution in [0.3, 0.4) is 0 Å². The Hall–Kier alpha value is -3.06. The van der Waals surface area contributed by atoms with Gasteiger partial charge >= 0.3 is 12.3 Å². The highest BCUT2D eigenvalue weighted by molar-refractivity contribution is 5.68. The maximum absolute atomic E-state index is 13.0. The van der Waals surface area contributed by atoms with Crippen molar-refractivity contribution in [3.05, 3.63) is 53.3 Å². The fraction of sp³-hybridized carbons (Fsp3) is 0.476. The smallest absolute Gasteiger partial charge is 0.416 e. The minimum Gasteiger partial charge on any atom is -0.444 e. The fourth-order valence-electron chi connectivity index (χ4n) is 3.27. The summed E-state index contributed by atoms with van der Waals surface area (Å²) in [5, 5.41) is 13.2. The molecule has 31 heavy (non-hydrogen) atoms. The number of benzene rings is 1. The second kappa shape index (κ2) is 8.59. The van der Waals surface area contributed by atoms with E-state index in [-0.39, 0.29) is 19.7 Å². The van der Waals surface area contributed by atoms with Crippen molar-refractivity contribution < 1.29 is 27.4 Å². The zero-order chi connectivity index (χ0) is 22.8. The molecule has 166 valence electrons. The van der Waals surface area contributed by atoms with Crippen molar-refractivity contribution in [2.45, 2.75) is 51.3 Å². The Morgan fingerprint density at radius 2 is 2.03 bits per heavy atom. The van der Waals surface area contributed by atoms with Crippen LogP contribution in [0.5, 0.6) is 0 Å². The fourth-order valence-corrected chi connectivity index (χ4v) is 3.27. The van der Waals surface area contributed by atoms with Gasteiger partial charge in [0, 0.05) is 12.7 Å². The molecule has 10 heteroatoms. The molecular formula is C21H23F3N4O3. The molecule has 7 nitrogen and oxygen atoms in total. The molecule has 1 aromatic heterocycles. The van der Waals surface area contributed by atoms with Crippen LogP contribution < -0.4 is 0 Å². The van der Waals surface area contributed by atoms with Crippen LogP contribution in [0.2, 0.25) is 0 Å². The molecule has 2 aromatic rings. The number of carbonyl (C=O) groups excluding carboxylic acids is 1. The predicted octanol–water partition coefficient (Wildman–Crippen LogP) is 4.15. The number of likely N-dealkylation sites (tertiary alicyclic amines) is 1. The SMILES string of the molecule is CC(C)(C)OC(=O)N1C[C@@H](n2cc(C#N)cn2)[C@H](OCc2cccc(C(F)(F)F)c2)C1. The van der Waals surface area contributed by atoms with Crippen molar-refractivity contribution in [2.24, 2.45) is 0 Å². The first-order valence-electron chi connectivity index (χ1n) is 9.66. The number of alkyl halides is 3. The third kappa shape index (κ3) is 5.76. The van der Waals surface area contributed by atoms with Gasteiger partial charge in [0.15, 0.2) is 0 Å². The molecule has 3 rings (SSSR count). The zero-order valence-corrected chi connectivity index (χ0v) is 17.4. The molecule has 1 amide bonds. The zero-order valence-electron chi connectivity index (χ0n) is 17.4. The molecule has 2 heterocycles. The Morgan fingerprint density at radius 1 is 1.29 bits per heavy atom. The van der Waals surface area contributed by atoms with Crippen molar-refractivity contribution in [1.29, 1.82) is 5.26 Å². The average Bonchev–Trinajstić information content (AvgIpc) is 3.31. The van der Waals surface area contributed by atoms with Gasteiger partial charge in [-0.15, -0.1) is 0 Å². The van der Waals surface area contributed by atoms with E-state index in [1.54, 1.807) is 37.7 Å². The highest BCUT2D eigenvalue weighted by atomic mass is 19.4. The number of aromatic nitrogens is 2. The standard InChI is InChI=1S/C21H23F3N4O3/c1-20(2,3)31-19(29)27-11-17(28-10-15(8-25)9-26-28)18(12-27)30-13-14-5-4-6-16(7-14)21(22,23)24/h4-7,9-10,17-18H,11-13H2,1-3H3/t17-,18-/m1/s1. The molecule has 0 aliphatic carbocycles. The van der Waals surface area contributed by atoms with E-state index in [1.165, 1.54) is 17.2 Å². The van der Waals surface area contributed by atoms with Crippen LogP contribution in [0.25, 0.3) is 0 Å². The Kier molecular flexibility index (Phi) is 6.27. The summed E-state index contributed by atoms with van der Waals surface area (Å²) in [7, 11) is 0. The van der Waals surface area contributed by atoms with Gasteiger partial charge in [-0.1, -0.05) is 12.1 Å². The molecule has 1 aliphatic heterocycles. The third-order valence-corrected chi connectivity index (χ3v) is 4.68. The van der Waals surface area contributed by atoms with Crippen LogP contribution in [0, 0.1) is 11.3 Å². The number of amides is 1. The second-order valence-corrected chi connectivity index (χ2v) is 8.32. The van der Waals surface area contributed by atoms with E-state index in [0.29, 0.717) is 11.1 Å². The van der Waals surface area contributed by atoms with Crippen molar-refractivity contribution >= 4 is 6.09 Å². The molecule has 1 fully saturated rings. The van der Waals surface area contributed by atoms with Gasteiger partial charge in [0.25, 0.3) is 0 Å². The number of carbonyl (C=O) groups is 1. The number of nitriles is 1. The lowest BCUT2D eigenvalue weighted by Crippen LogP contribution is -2.36. The van der Waals surface area contributed by atoms with Gasteiger partial charge in [-0.2, -0.15) is 23.5 Å². The Bertz CT molecular complexity index is 975. The number of halogens is 3. The summed E-state index contributed by atoms with van der Waals surface area (Å²) >= 11 is 0. The minimum atomic E-state index is -4.44. The maximum Gasteiger partial charge on any atom is 0.416 e. The first-order valence-corrected chi connectivity index (χ1v) is 9.66. The summed E-state index contributed by atoms with van der Waals surface area (Å²) < 4.78 is 51.8. The first kappa shape index (κ1) is 22.6. The monoisotopic (exact) mass is 436 g/mol. The van der Waals surface area contributed by atoms with E-state index in [4.69, 9.17) is 14.7 Å². The quantitative estimate of drug-likeness (QED) is 0.719. The van der Waals surface area contributed by atoms with E-state index in [2.05, 4.69) is 5.10 Å². The molecule has 0 bridgehead atoms. The van der Waals surface area contributed by atoms with Crippen molar-refractivity contribution in [2.75, 3.05) is 13.1 Å². The van der Waals surface area contributed by atoms with Crippen LogP contribution in [0.15, 0.2) is 36.7 Å². The third-order valence-electron chi connectivity index (χ3n) is 4.68. The minimum absolute atomic E-state index is 0.0698. The Morgan fingerprint density at radius 3 is 2.65 bits per heavy atom. The molecule has 2 atom stereocenters. The van der Waals surface area contributed by atoms with Gasteiger partial charge in [0.2, 0.25) is 0 Å². The summed E-state index contributed by atoms with van der Waals surface area (Å²) in [5.74, 6) is 0. The molecule has 1 aromatic carbocycles. The maximum atomic E-state index is 13.0. The summed E-state index contributed by atoms with van der Waals surface area (Å²) in [5.41, 5.74) is -0.712. The van der Waals surface area contributed by atoms with Gasteiger partial charge in [0.1, 0.15) is 11.7 Å². The van der Waals surface area contributed by atoms with Gasteiger partial charge in [-0.25, -0.2) is 4.79 Å². The highest BCUT2D eigenvalue weighted by Crippen LogP contribution is 2.31. The number of rotatable bonds is 4. The largest absolute Gasteiger partial charge is 0.444 e. The van der Waals surface area contributed by atoms with Gasteiger partial charge in [-0.05, 0) is 38.5 Å². The predicted molar refractivity (Wildman–Crippen MR) is 104 cm³/mol. The van der Waals surface area contributed by atoms with Crippen molar-refractivity contribution in [3.63, 3.8) is 0 Å². The van der Waals surface area contributed by atoms with Gasteiger partial charge in [-0.3, -0.25) is 4.68 Å². The Balaban J connectivity index is 1.76. The number of ether oxygens (including phenoxy) is 2. The highest BCUT2D eigenvalue weighted by Gasteiger charge is 2.39. The van der Waals surface area contributed by atoms with E-state index < -0.39 is 35.6 Å². The van der Waals surface area contributed by atoms with Gasteiger partial charge in [0.05, 0.1) is 42.6 Å². The van der Waals surface area contributed by atoms with Crippen LogP contribution in [-0.2, 0) is 22.3 Å². The summed E-state index contributed by atoms with van der Waals surface area (Å²) in [6, 6.07) is 6.49. The molecule has 0 N–H and O–H groups in total. The van der Waals surface area contributed by atoms with Crippen molar-refractivity contribution in [1.82, 2.24) is 14.7 Å². The normalized spacial score (nSPS) is 19.3. The van der Waals surface area contributed by atoms with Crippen LogP contribution >= 0.6 is 0 Å². The lowest BCUT2D eigenvalue weighted by atomic mass is 10.1. The number of nitrogens with zero attached hydrogens (tertiary/aromatic N) is 4. The first-order chi connectivity index (χ1) is 14.5. The lowest BCUT2D eigenvalue weighted by Gasteiger charge is -2.24. The van der Waals surface area contributed by atoms with Crippen LogP contribution in [0.1, 0.15) is 43.5 Å². The van der Waals surface area contributed by atoms with Gasteiger partial charge < -0.3 is 14.4 Å². The molecule has 1 aliphatic rings. The summed E-state index contributed by atoms with van der Waals surface area (Å²) in [6.45, 7) is 5.61. The molecule has 0 radical (unpaired) electrons. The molecule has 0 saturated carbocycles. The molecular weight excluding hydrogens is 413 g/mol. The summed E-state index contributed by atoms with van der Waals surface area (Å²) in [6.07, 6.45) is -2.56. The summed E-state index contributed by atoms with van der Waals surface area (Å²) in [4.78, 5) is 14.0. The van der Waals surface area contributed by atoms with Crippen LogP contribution in [0.4, 0.5) is 18.0 Å². The van der Waals surface area contributed by atoms with E-state index in [0.717, 1.165) is 12.1 Å². The lowest BCUT2D eigenvalue weighted by molar-refractivity contribution is -0.137. The van der Waals surface area contributed by atoms with E-state index in [1.807, 2.05) is 6.07 Å². The average molecular weight is 436 g/mol. The van der Waals surface area contributed by atoms with Crippen molar-refractivity contribution in [3.8, 4) is 6.07 Å². The molecule has 0 unspecified atom stereocenters. The number of hydrogen-bond acceptors (Lipinski definition) is 5. The van der Waals surface area contributed by atoms with E-state index >= 15 is 0 Å². The van der Waals surface area contributed by atoms with Crippen LogP contribution in [-0.4, -0.2) is 45.6 Å². The van der Waals surface area contributed by atoms with E-state index in [9.17, 15) is 18.0 Å². The molecule has 0 spiro atoms. The Labute approximate surface area is 178 Å². The molecule has 1 saturated heterocycles. The number of hydrogen-bond donors (Lipinski definition) is 0. The topological polar surface area (TPSA) is 80.4 Å². The second-order valence-electron chi connectivity index (χ2n) is 8.32.